The van der Waals surface area contributed by atoms with Crippen LogP contribution in [0.15, 0.2) is 9.57 Å². The first kappa shape index (κ1) is 16.9. The summed E-state index contributed by atoms with van der Waals surface area (Å²) in [6.07, 6.45) is -7.74. The summed E-state index contributed by atoms with van der Waals surface area (Å²) in [5, 5.41) is 17.0. The van der Waals surface area contributed by atoms with Crippen LogP contribution in [0.4, 0.5) is 17.6 Å². The molecule has 1 aromatic rings. The Labute approximate surface area is 130 Å². The number of hydrazone groups is 1. The summed E-state index contributed by atoms with van der Waals surface area (Å²) in [7, 11) is 1.38. The molecule has 0 saturated heterocycles. The number of nitrogens with zero attached hydrogens (tertiary/aromatic N) is 4. The second-order valence-electron chi connectivity index (χ2n) is 4.74. The molecule has 11 heteroatoms. The van der Waals surface area contributed by atoms with Crippen LogP contribution in [-0.2, 0) is 7.05 Å². The number of halogens is 5. The van der Waals surface area contributed by atoms with Crippen LogP contribution in [0.3, 0.4) is 0 Å². The van der Waals surface area contributed by atoms with Crippen LogP contribution in [0.25, 0.3) is 0 Å². The minimum atomic E-state index is -3.47. The van der Waals surface area contributed by atoms with Crippen LogP contribution in [0.2, 0.25) is 0 Å². The summed E-state index contributed by atoms with van der Waals surface area (Å²) in [6.45, 7) is 1.55. The lowest BCUT2D eigenvalue weighted by Crippen LogP contribution is -2.52. The van der Waals surface area contributed by atoms with Gasteiger partial charge in [-0.3, -0.25) is 9.48 Å². The van der Waals surface area contributed by atoms with Crippen LogP contribution < -0.4 is 0 Å². The highest BCUT2D eigenvalue weighted by Crippen LogP contribution is 2.35. The molecule has 1 amide bonds. The van der Waals surface area contributed by atoms with E-state index in [1.807, 2.05) is 0 Å². The van der Waals surface area contributed by atoms with Crippen molar-refractivity contribution >= 4 is 27.5 Å². The van der Waals surface area contributed by atoms with E-state index >= 15 is 0 Å². The monoisotopic (exact) mass is 386 g/mol. The van der Waals surface area contributed by atoms with Gasteiger partial charge in [0.25, 0.3) is 18.8 Å². The Hall–Kier alpha value is -1.49. The zero-order chi connectivity index (χ0) is 16.8. The number of carbonyl (C=O) groups excluding carboxylic acids is 1. The van der Waals surface area contributed by atoms with Gasteiger partial charge in [0.15, 0.2) is 0 Å². The van der Waals surface area contributed by atoms with Gasteiger partial charge in [-0.05, 0) is 22.9 Å². The van der Waals surface area contributed by atoms with Crippen molar-refractivity contribution in [2.24, 2.45) is 12.1 Å². The fourth-order valence-corrected chi connectivity index (χ4v) is 2.57. The summed E-state index contributed by atoms with van der Waals surface area (Å²) in [5.74, 6) is -1.16. The van der Waals surface area contributed by atoms with Gasteiger partial charge in [0.1, 0.15) is 11.4 Å². The fraction of sp³-hybridized carbons (Fsp3) is 0.545. The van der Waals surface area contributed by atoms with Crippen molar-refractivity contribution in [3.63, 3.8) is 0 Å². The van der Waals surface area contributed by atoms with Crippen LogP contribution in [0, 0.1) is 6.92 Å². The van der Waals surface area contributed by atoms with E-state index in [9.17, 15) is 27.5 Å². The van der Waals surface area contributed by atoms with Crippen LogP contribution >= 0.6 is 15.9 Å². The molecule has 0 aromatic carbocycles. The first-order chi connectivity index (χ1) is 10.1. The van der Waals surface area contributed by atoms with E-state index in [1.54, 1.807) is 6.92 Å². The summed E-state index contributed by atoms with van der Waals surface area (Å²) in [4.78, 5) is 12.4. The third-order valence-electron chi connectivity index (χ3n) is 3.18. The van der Waals surface area contributed by atoms with Crippen molar-refractivity contribution in [3.05, 3.63) is 15.9 Å². The van der Waals surface area contributed by atoms with Gasteiger partial charge >= 0.3 is 0 Å². The van der Waals surface area contributed by atoms with Gasteiger partial charge in [-0.2, -0.15) is 15.2 Å². The molecule has 22 heavy (non-hydrogen) atoms. The van der Waals surface area contributed by atoms with E-state index in [-0.39, 0.29) is 15.2 Å². The maximum Gasteiger partial charge on any atom is 0.296 e. The number of carbonyl (C=O) groups is 1. The van der Waals surface area contributed by atoms with Gasteiger partial charge in [0, 0.05) is 13.5 Å². The molecule has 1 aliphatic rings. The summed E-state index contributed by atoms with van der Waals surface area (Å²) >= 11 is 3.07. The molecule has 1 N–H and O–H groups in total. The van der Waals surface area contributed by atoms with Crippen molar-refractivity contribution in [1.82, 2.24) is 14.8 Å². The standard InChI is InChI=1S/C11H11BrF4N4O2/c1-4-6(12)7(19(2)17-4)9(21)20-11(22,10(15)16)3-5(18-20)8(13)14/h8,10,22H,3H2,1-2H3/t11-/m0/s1. The van der Waals surface area contributed by atoms with Crippen molar-refractivity contribution in [2.45, 2.75) is 31.9 Å². The lowest BCUT2D eigenvalue weighted by atomic mass is 10.1. The van der Waals surface area contributed by atoms with Gasteiger partial charge in [0.05, 0.1) is 10.2 Å². The number of aliphatic hydroxyl groups is 1. The highest BCUT2D eigenvalue weighted by atomic mass is 79.9. The minimum Gasteiger partial charge on any atom is -0.364 e. The number of hydrogen-bond acceptors (Lipinski definition) is 4. The Morgan fingerprint density at radius 3 is 2.41 bits per heavy atom. The molecule has 1 aliphatic heterocycles. The fourth-order valence-electron chi connectivity index (χ4n) is 2.07. The van der Waals surface area contributed by atoms with Gasteiger partial charge in [-0.25, -0.2) is 17.6 Å². The Morgan fingerprint density at radius 2 is 2.00 bits per heavy atom. The molecule has 2 heterocycles. The molecule has 0 aliphatic carbocycles. The van der Waals surface area contributed by atoms with E-state index in [1.165, 1.54) is 7.05 Å². The normalized spacial score (nSPS) is 21.9. The molecule has 0 radical (unpaired) electrons. The molecule has 1 aromatic heterocycles. The number of amides is 1. The third kappa shape index (κ3) is 2.51. The quantitative estimate of drug-likeness (QED) is 0.806. The Kier molecular flexibility index (Phi) is 4.30. The molecular weight excluding hydrogens is 376 g/mol. The number of aromatic nitrogens is 2. The van der Waals surface area contributed by atoms with Crippen molar-refractivity contribution in [2.75, 3.05) is 0 Å². The summed E-state index contributed by atoms with van der Waals surface area (Å²) in [6, 6.07) is 0. The molecule has 2 rings (SSSR count). The van der Waals surface area contributed by atoms with Crippen molar-refractivity contribution in [3.8, 4) is 0 Å². The molecule has 122 valence electrons. The second kappa shape index (κ2) is 5.61. The molecule has 6 nitrogen and oxygen atoms in total. The number of hydrogen-bond donors (Lipinski definition) is 1. The van der Waals surface area contributed by atoms with E-state index in [2.05, 4.69) is 26.1 Å². The molecule has 0 fully saturated rings. The number of aryl methyl sites for hydroxylation is 2. The lowest BCUT2D eigenvalue weighted by molar-refractivity contribution is -0.164. The number of alkyl halides is 4. The van der Waals surface area contributed by atoms with Crippen LogP contribution in [0.1, 0.15) is 22.6 Å². The highest BCUT2D eigenvalue weighted by molar-refractivity contribution is 9.10. The Balaban J connectivity index is 2.49. The number of rotatable bonds is 3. The third-order valence-corrected chi connectivity index (χ3v) is 4.13. The Bertz CT molecular complexity index is 648. The van der Waals surface area contributed by atoms with Gasteiger partial charge in [0.2, 0.25) is 5.72 Å². The summed E-state index contributed by atoms with van der Waals surface area (Å²) in [5.41, 5.74) is -3.88. The minimum absolute atomic E-state index is 0.000370. The highest BCUT2D eigenvalue weighted by Gasteiger charge is 2.54. The van der Waals surface area contributed by atoms with Crippen LogP contribution in [-0.4, -0.2) is 50.1 Å². The molecule has 0 saturated carbocycles. The molecule has 1 atom stereocenters. The maximum absolute atomic E-state index is 13.1. The van der Waals surface area contributed by atoms with Gasteiger partial charge < -0.3 is 5.11 Å². The molecule has 0 unspecified atom stereocenters. The molecule has 0 bridgehead atoms. The predicted molar refractivity (Wildman–Crippen MR) is 70.8 cm³/mol. The van der Waals surface area contributed by atoms with E-state index in [0.29, 0.717) is 5.69 Å². The van der Waals surface area contributed by atoms with Crippen molar-refractivity contribution in [1.29, 1.82) is 0 Å². The average Bonchev–Trinajstić information content (AvgIpc) is 2.89. The molecule has 0 spiro atoms. The smallest absolute Gasteiger partial charge is 0.296 e. The zero-order valence-electron chi connectivity index (χ0n) is 11.4. The predicted octanol–water partition coefficient (Wildman–Crippen LogP) is 1.91. The van der Waals surface area contributed by atoms with E-state index < -0.39 is 36.6 Å². The van der Waals surface area contributed by atoms with Crippen molar-refractivity contribution < 1.29 is 27.5 Å². The topological polar surface area (TPSA) is 70.7 Å². The first-order valence-corrected chi connectivity index (χ1v) is 6.78. The first-order valence-electron chi connectivity index (χ1n) is 5.99. The second-order valence-corrected chi connectivity index (χ2v) is 5.53. The van der Waals surface area contributed by atoms with Gasteiger partial charge in [-0.15, -0.1) is 0 Å². The molecular formula is C11H11BrF4N4O2. The summed E-state index contributed by atoms with van der Waals surface area (Å²) < 4.78 is 52.9. The van der Waals surface area contributed by atoms with Crippen LogP contribution in [0.5, 0.6) is 0 Å². The van der Waals surface area contributed by atoms with E-state index in [4.69, 9.17) is 0 Å². The lowest BCUT2D eigenvalue weighted by Gasteiger charge is -2.29. The largest absolute Gasteiger partial charge is 0.364 e. The maximum atomic E-state index is 13.1. The SMILES string of the molecule is Cc1nn(C)c(C(=O)N2N=C(C(F)F)C[C@]2(O)C(F)F)c1Br. The van der Waals surface area contributed by atoms with E-state index in [0.717, 1.165) is 4.68 Å². The average molecular weight is 387 g/mol. The Morgan fingerprint density at radius 1 is 1.41 bits per heavy atom. The zero-order valence-corrected chi connectivity index (χ0v) is 13.0. The van der Waals surface area contributed by atoms with Gasteiger partial charge in [-0.1, -0.05) is 0 Å².